The topological polar surface area (TPSA) is 47.6 Å². The Balaban J connectivity index is 2.64. The van der Waals surface area contributed by atoms with Crippen LogP contribution >= 0.6 is 0 Å². The molecule has 0 radical (unpaired) electrons. The van der Waals surface area contributed by atoms with Crippen LogP contribution in [0.15, 0.2) is 23.3 Å². The Hall–Kier alpha value is -1.42. The van der Waals surface area contributed by atoms with Crippen LogP contribution in [0.1, 0.15) is 30.9 Å². The average Bonchev–Trinajstić information content (AvgIpc) is 2.28. The van der Waals surface area contributed by atoms with Gasteiger partial charge in [-0.05, 0) is 24.1 Å². The van der Waals surface area contributed by atoms with Crippen molar-refractivity contribution in [1.82, 2.24) is 0 Å². The predicted molar refractivity (Wildman–Crippen MR) is 62.7 cm³/mol. The number of halogens is 1. The molecule has 16 heavy (non-hydrogen) atoms. The van der Waals surface area contributed by atoms with Crippen molar-refractivity contribution in [2.75, 3.05) is 6.61 Å². The quantitative estimate of drug-likeness (QED) is 0.349. The molecule has 0 fully saturated rings. The molecule has 0 aromatic heterocycles. The summed E-state index contributed by atoms with van der Waals surface area (Å²) >= 11 is 0. The van der Waals surface area contributed by atoms with Crippen molar-refractivity contribution in [2.24, 2.45) is 10.9 Å². The number of nitrogens with two attached hydrogens (primary N) is 1. The van der Waals surface area contributed by atoms with Gasteiger partial charge in [0.05, 0.1) is 12.8 Å². The summed E-state index contributed by atoms with van der Waals surface area (Å²) in [5.41, 5.74) is 1.56. The van der Waals surface area contributed by atoms with E-state index < -0.39 is 0 Å². The van der Waals surface area contributed by atoms with Crippen LogP contribution in [-0.4, -0.2) is 12.8 Å². The molecular weight excluding hydrogens is 207 g/mol. The summed E-state index contributed by atoms with van der Waals surface area (Å²) in [7, 11) is 0. The summed E-state index contributed by atoms with van der Waals surface area (Å²) < 4.78 is 18.5. The lowest BCUT2D eigenvalue weighted by molar-refractivity contribution is 0.118. The average molecular weight is 224 g/mol. The first-order valence-electron chi connectivity index (χ1n) is 5.37. The standard InChI is InChI=1S/C12H17FN2O/c1-2-3-6-16-9-11-7-12(13)5-4-10(11)8-15-14/h4-5,7-8H,2-3,6,9,14H2,1H3. The summed E-state index contributed by atoms with van der Waals surface area (Å²) in [6.07, 6.45) is 3.59. The van der Waals surface area contributed by atoms with Gasteiger partial charge in [0.2, 0.25) is 0 Å². The van der Waals surface area contributed by atoms with Gasteiger partial charge in [0.1, 0.15) is 5.82 Å². The molecule has 88 valence electrons. The van der Waals surface area contributed by atoms with Crippen LogP contribution in [0, 0.1) is 5.82 Å². The summed E-state index contributed by atoms with van der Waals surface area (Å²) in [6, 6.07) is 4.47. The van der Waals surface area contributed by atoms with Crippen LogP contribution in [0.5, 0.6) is 0 Å². The smallest absolute Gasteiger partial charge is 0.123 e. The molecule has 1 aromatic rings. The van der Waals surface area contributed by atoms with Crippen molar-refractivity contribution in [3.63, 3.8) is 0 Å². The lowest BCUT2D eigenvalue weighted by atomic mass is 10.1. The predicted octanol–water partition coefficient (Wildman–Crippen LogP) is 2.44. The van der Waals surface area contributed by atoms with Crippen molar-refractivity contribution in [3.8, 4) is 0 Å². The number of hydrazone groups is 1. The lowest BCUT2D eigenvalue weighted by Crippen LogP contribution is -2.00. The highest BCUT2D eigenvalue weighted by Gasteiger charge is 2.02. The highest BCUT2D eigenvalue weighted by molar-refractivity contribution is 5.81. The van der Waals surface area contributed by atoms with Gasteiger partial charge in [0.15, 0.2) is 0 Å². The third kappa shape index (κ3) is 3.98. The third-order valence-corrected chi connectivity index (χ3v) is 2.22. The van der Waals surface area contributed by atoms with E-state index in [0.717, 1.165) is 24.0 Å². The summed E-state index contributed by atoms with van der Waals surface area (Å²) in [5, 5.41) is 3.44. The van der Waals surface area contributed by atoms with Crippen LogP contribution in [0.25, 0.3) is 0 Å². The first-order chi connectivity index (χ1) is 7.77. The minimum Gasteiger partial charge on any atom is -0.377 e. The van der Waals surface area contributed by atoms with Crippen LogP contribution in [0.3, 0.4) is 0 Å². The molecule has 0 unspecified atom stereocenters. The van der Waals surface area contributed by atoms with Crippen LogP contribution in [0.4, 0.5) is 4.39 Å². The Morgan fingerprint density at radius 3 is 3.00 bits per heavy atom. The van der Waals surface area contributed by atoms with Gasteiger partial charge >= 0.3 is 0 Å². The number of unbranched alkanes of at least 4 members (excludes halogenated alkanes) is 1. The maximum Gasteiger partial charge on any atom is 0.123 e. The van der Waals surface area contributed by atoms with E-state index in [2.05, 4.69) is 12.0 Å². The molecule has 0 aliphatic rings. The SMILES string of the molecule is CCCCOCc1cc(F)ccc1C=NN. The number of benzene rings is 1. The normalized spacial score (nSPS) is 11.1. The van der Waals surface area contributed by atoms with Crippen molar-refractivity contribution in [3.05, 3.63) is 35.1 Å². The van der Waals surface area contributed by atoms with Gasteiger partial charge in [-0.25, -0.2) is 4.39 Å². The largest absolute Gasteiger partial charge is 0.377 e. The van der Waals surface area contributed by atoms with E-state index in [0.29, 0.717) is 13.2 Å². The lowest BCUT2D eigenvalue weighted by Gasteiger charge is -2.06. The van der Waals surface area contributed by atoms with Gasteiger partial charge < -0.3 is 10.6 Å². The van der Waals surface area contributed by atoms with E-state index in [1.165, 1.54) is 18.3 Å². The van der Waals surface area contributed by atoms with E-state index in [-0.39, 0.29) is 5.82 Å². The van der Waals surface area contributed by atoms with Gasteiger partial charge in [-0.2, -0.15) is 5.10 Å². The maximum atomic E-state index is 13.0. The number of hydrogen-bond acceptors (Lipinski definition) is 3. The van der Waals surface area contributed by atoms with Gasteiger partial charge in [-0.1, -0.05) is 19.4 Å². The highest BCUT2D eigenvalue weighted by atomic mass is 19.1. The van der Waals surface area contributed by atoms with E-state index in [1.54, 1.807) is 6.07 Å². The molecular formula is C12H17FN2O. The highest BCUT2D eigenvalue weighted by Crippen LogP contribution is 2.11. The zero-order valence-corrected chi connectivity index (χ0v) is 9.45. The monoisotopic (exact) mass is 224 g/mol. The van der Waals surface area contributed by atoms with Gasteiger partial charge in [-0.15, -0.1) is 0 Å². The second kappa shape index (κ2) is 6.95. The zero-order chi connectivity index (χ0) is 11.8. The van der Waals surface area contributed by atoms with Gasteiger partial charge in [-0.3, -0.25) is 0 Å². The second-order valence-electron chi connectivity index (χ2n) is 3.53. The first kappa shape index (κ1) is 12.6. The molecule has 0 saturated heterocycles. The Labute approximate surface area is 95.1 Å². The summed E-state index contributed by atoms with van der Waals surface area (Å²) in [5.74, 6) is 4.80. The fraction of sp³-hybridized carbons (Fsp3) is 0.417. The fourth-order valence-electron chi connectivity index (χ4n) is 1.33. The molecule has 0 bridgehead atoms. The summed E-state index contributed by atoms with van der Waals surface area (Å²) in [6.45, 7) is 3.17. The van der Waals surface area contributed by atoms with Crippen molar-refractivity contribution >= 4 is 6.21 Å². The number of nitrogens with zero attached hydrogens (tertiary/aromatic N) is 1. The molecule has 1 aromatic carbocycles. The Morgan fingerprint density at radius 2 is 2.31 bits per heavy atom. The molecule has 0 amide bonds. The summed E-state index contributed by atoms with van der Waals surface area (Å²) in [4.78, 5) is 0. The molecule has 0 saturated carbocycles. The minimum atomic E-state index is -0.275. The van der Waals surface area contributed by atoms with Gasteiger partial charge in [0, 0.05) is 12.2 Å². The Bertz CT molecular complexity index is 353. The second-order valence-corrected chi connectivity index (χ2v) is 3.53. The van der Waals surface area contributed by atoms with E-state index in [1.807, 2.05) is 0 Å². The zero-order valence-electron chi connectivity index (χ0n) is 9.45. The molecule has 1 rings (SSSR count). The third-order valence-electron chi connectivity index (χ3n) is 2.22. The molecule has 0 aliphatic carbocycles. The van der Waals surface area contributed by atoms with E-state index in [4.69, 9.17) is 10.6 Å². The number of hydrogen-bond donors (Lipinski definition) is 1. The van der Waals surface area contributed by atoms with Crippen molar-refractivity contribution in [1.29, 1.82) is 0 Å². The van der Waals surface area contributed by atoms with Crippen LogP contribution in [0.2, 0.25) is 0 Å². The first-order valence-corrected chi connectivity index (χ1v) is 5.37. The van der Waals surface area contributed by atoms with Crippen molar-refractivity contribution in [2.45, 2.75) is 26.4 Å². The Morgan fingerprint density at radius 1 is 1.50 bits per heavy atom. The van der Waals surface area contributed by atoms with Crippen LogP contribution in [-0.2, 0) is 11.3 Å². The van der Waals surface area contributed by atoms with Crippen molar-refractivity contribution < 1.29 is 9.13 Å². The fourth-order valence-corrected chi connectivity index (χ4v) is 1.33. The number of rotatable bonds is 6. The molecule has 4 heteroatoms. The maximum absolute atomic E-state index is 13.0. The Kier molecular flexibility index (Phi) is 5.50. The molecule has 0 atom stereocenters. The van der Waals surface area contributed by atoms with Gasteiger partial charge in [0.25, 0.3) is 0 Å². The minimum absolute atomic E-state index is 0.275. The molecule has 0 heterocycles. The molecule has 0 spiro atoms. The molecule has 2 N–H and O–H groups in total. The van der Waals surface area contributed by atoms with E-state index >= 15 is 0 Å². The van der Waals surface area contributed by atoms with E-state index in [9.17, 15) is 4.39 Å². The molecule has 0 aliphatic heterocycles. The number of ether oxygens (including phenoxy) is 1. The molecule has 3 nitrogen and oxygen atoms in total. The van der Waals surface area contributed by atoms with Crippen LogP contribution < -0.4 is 5.84 Å².